The predicted molar refractivity (Wildman–Crippen MR) is 126 cm³/mol. The maximum atomic E-state index is 12.5. The van der Waals surface area contributed by atoms with Crippen LogP contribution in [0.25, 0.3) is 6.08 Å². The first kappa shape index (κ1) is 22.2. The number of carbonyl (C=O) groups is 1. The molecule has 0 spiro atoms. The van der Waals surface area contributed by atoms with E-state index in [2.05, 4.69) is 37.9 Å². The van der Waals surface area contributed by atoms with Crippen LogP contribution in [0.15, 0.2) is 69.8 Å². The van der Waals surface area contributed by atoms with Gasteiger partial charge in [-0.3, -0.25) is 0 Å². The van der Waals surface area contributed by atoms with Gasteiger partial charge in [0.1, 0.15) is 16.4 Å². The van der Waals surface area contributed by atoms with Crippen molar-refractivity contribution in [2.75, 3.05) is 6.61 Å². The summed E-state index contributed by atoms with van der Waals surface area (Å²) in [6.45, 7) is 8.40. The molecule has 2 aromatic carbocycles. The van der Waals surface area contributed by atoms with E-state index in [1.807, 2.05) is 18.2 Å². The summed E-state index contributed by atoms with van der Waals surface area (Å²) in [5.74, 6) is -0.728. The Bertz CT molecular complexity index is 1050. The molecule has 1 aliphatic heterocycles. The van der Waals surface area contributed by atoms with Gasteiger partial charge in [0.15, 0.2) is 0 Å². The number of hydrogen-bond donors (Lipinski definition) is 1. The highest BCUT2D eigenvalue weighted by Crippen LogP contribution is 2.40. The second-order valence-electron chi connectivity index (χ2n) is 7.82. The molecule has 30 heavy (non-hydrogen) atoms. The van der Waals surface area contributed by atoms with E-state index in [1.54, 1.807) is 31.2 Å². The molecule has 2 aromatic rings. The molecule has 0 saturated carbocycles. The number of hydrogen-bond acceptors (Lipinski definition) is 5. The molecule has 156 valence electrons. The van der Waals surface area contributed by atoms with E-state index in [-0.39, 0.29) is 23.4 Å². The van der Waals surface area contributed by atoms with Crippen molar-refractivity contribution < 1.29 is 14.6 Å². The quantitative estimate of drug-likeness (QED) is 0.528. The number of aliphatic hydroxyl groups excluding tert-OH is 1. The Hall–Kier alpha value is -2.50. The van der Waals surface area contributed by atoms with Crippen LogP contribution in [-0.4, -0.2) is 22.7 Å². The van der Waals surface area contributed by atoms with Crippen molar-refractivity contribution in [3.8, 4) is 0 Å². The highest BCUT2D eigenvalue weighted by molar-refractivity contribution is 8.18. The van der Waals surface area contributed by atoms with Gasteiger partial charge in [-0.2, -0.15) is 0 Å². The molecule has 3 rings (SSSR count). The van der Waals surface area contributed by atoms with Gasteiger partial charge < -0.3 is 9.84 Å². The van der Waals surface area contributed by atoms with Crippen molar-refractivity contribution in [3.63, 3.8) is 0 Å². The minimum absolute atomic E-state index is 0.0592. The number of rotatable bonds is 4. The third-order valence-electron chi connectivity index (χ3n) is 4.48. The smallest absolute Gasteiger partial charge is 0.344 e. The normalized spacial score (nSPS) is 17.1. The summed E-state index contributed by atoms with van der Waals surface area (Å²) in [6, 6.07) is 15.1. The van der Waals surface area contributed by atoms with Crippen LogP contribution in [0.5, 0.6) is 0 Å². The number of benzene rings is 2. The van der Waals surface area contributed by atoms with E-state index in [0.29, 0.717) is 20.7 Å². The van der Waals surface area contributed by atoms with Crippen LogP contribution in [0.3, 0.4) is 0 Å². The van der Waals surface area contributed by atoms with Crippen LogP contribution in [0.1, 0.15) is 38.8 Å². The summed E-state index contributed by atoms with van der Waals surface area (Å²) in [7, 11) is 0. The average molecular weight is 442 g/mol. The molecule has 1 aliphatic rings. The highest BCUT2D eigenvalue weighted by Gasteiger charge is 2.33. The van der Waals surface area contributed by atoms with Crippen molar-refractivity contribution in [2.45, 2.75) is 33.1 Å². The summed E-state index contributed by atoms with van der Waals surface area (Å²) >= 11 is 7.28. The van der Waals surface area contributed by atoms with Crippen molar-refractivity contribution in [1.82, 2.24) is 0 Å². The van der Waals surface area contributed by atoms with E-state index >= 15 is 0 Å². The van der Waals surface area contributed by atoms with Gasteiger partial charge in [-0.1, -0.05) is 74.5 Å². The lowest BCUT2D eigenvalue weighted by Crippen LogP contribution is -2.12. The number of aliphatic hydroxyl groups is 1. The second-order valence-corrected chi connectivity index (χ2v) is 9.29. The molecule has 0 amide bonds. The molecule has 4 nitrogen and oxygen atoms in total. The predicted octanol–water partition coefficient (Wildman–Crippen LogP) is 6.83. The molecule has 0 bridgehead atoms. The van der Waals surface area contributed by atoms with Crippen LogP contribution >= 0.6 is 23.4 Å². The first-order valence-corrected chi connectivity index (χ1v) is 10.8. The Morgan fingerprint density at radius 2 is 1.90 bits per heavy atom. The summed E-state index contributed by atoms with van der Waals surface area (Å²) < 4.78 is 5.14. The zero-order chi connectivity index (χ0) is 21.9. The van der Waals surface area contributed by atoms with E-state index in [4.69, 9.17) is 16.3 Å². The maximum Gasteiger partial charge on any atom is 0.344 e. The van der Waals surface area contributed by atoms with Gasteiger partial charge in [0.25, 0.3) is 0 Å². The Labute approximate surface area is 186 Å². The Balaban J connectivity index is 2.00. The van der Waals surface area contributed by atoms with Crippen molar-refractivity contribution in [2.24, 2.45) is 4.99 Å². The average Bonchev–Trinajstić information content (AvgIpc) is 2.96. The van der Waals surface area contributed by atoms with E-state index in [0.717, 1.165) is 5.56 Å². The van der Waals surface area contributed by atoms with Gasteiger partial charge >= 0.3 is 5.97 Å². The highest BCUT2D eigenvalue weighted by atomic mass is 35.5. The lowest BCUT2D eigenvalue weighted by molar-refractivity contribution is -0.138. The van der Waals surface area contributed by atoms with E-state index in [1.165, 1.54) is 17.3 Å². The molecule has 0 radical (unpaired) electrons. The number of ether oxygens (including phenoxy) is 1. The molecule has 6 heteroatoms. The van der Waals surface area contributed by atoms with E-state index in [9.17, 15) is 9.90 Å². The van der Waals surface area contributed by atoms with Crippen molar-refractivity contribution in [1.29, 1.82) is 0 Å². The Morgan fingerprint density at radius 1 is 1.20 bits per heavy atom. The zero-order valence-corrected chi connectivity index (χ0v) is 19.0. The van der Waals surface area contributed by atoms with Crippen LogP contribution in [0.2, 0.25) is 5.02 Å². The third kappa shape index (κ3) is 5.15. The molecule has 1 N–H and O–H groups in total. The maximum absolute atomic E-state index is 12.5. The zero-order valence-electron chi connectivity index (χ0n) is 17.4. The van der Waals surface area contributed by atoms with Crippen LogP contribution in [0.4, 0.5) is 5.69 Å². The molecule has 0 unspecified atom stereocenters. The Morgan fingerprint density at radius 3 is 2.50 bits per heavy atom. The molecule has 1 heterocycles. The standard InChI is InChI=1S/C24H24ClNO3S/c1-5-29-23(28)20-21(27)19(13-15-9-11-16(12-10-15)24(2,3)4)30-22(20)26-18-8-6-7-17(25)14-18/h6-14,27H,5H2,1-4H3. The summed E-state index contributed by atoms with van der Waals surface area (Å²) in [4.78, 5) is 17.6. The fourth-order valence-electron chi connectivity index (χ4n) is 2.89. The second kappa shape index (κ2) is 9.11. The number of halogens is 1. The van der Waals surface area contributed by atoms with Gasteiger partial charge in [0.2, 0.25) is 0 Å². The van der Waals surface area contributed by atoms with Crippen LogP contribution < -0.4 is 0 Å². The monoisotopic (exact) mass is 441 g/mol. The largest absolute Gasteiger partial charge is 0.506 e. The molecule has 0 saturated heterocycles. The van der Waals surface area contributed by atoms with E-state index < -0.39 is 5.97 Å². The molecular weight excluding hydrogens is 418 g/mol. The van der Waals surface area contributed by atoms with Gasteiger partial charge in [-0.15, -0.1) is 0 Å². The van der Waals surface area contributed by atoms with Gasteiger partial charge in [-0.05, 0) is 47.7 Å². The number of esters is 1. The topological polar surface area (TPSA) is 58.9 Å². The molecular formula is C24H24ClNO3S. The SMILES string of the molecule is CCOC(=O)C1=C(O)C(=Cc2ccc(C(C)(C)C)cc2)SC1=Nc1cccc(Cl)c1. The third-order valence-corrected chi connectivity index (χ3v) is 5.74. The summed E-state index contributed by atoms with van der Waals surface area (Å²) in [5, 5.41) is 11.7. The first-order chi connectivity index (χ1) is 14.2. The first-order valence-electron chi connectivity index (χ1n) is 9.64. The fraction of sp³-hybridized carbons (Fsp3) is 0.250. The van der Waals surface area contributed by atoms with Crippen LogP contribution in [-0.2, 0) is 14.9 Å². The lowest BCUT2D eigenvalue weighted by Gasteiger charge is -2.18. The lowest BCUT2D eigenvalue weighted by atomic mass is 9.87. The van der Waals surface area contributed by atoms with Gasteiger partial charge in [0, 0.05) is 5.02 Å². The minimum atomic E-state index is -0.602. The molecule has 0 aliphatic carbocycles. The van der Waals surface area contributed by atoms with Crippen LogP contribution in [0, 0.1) is 0 Å². The van der Waals surface area contributed by atoms with Gasteiger partial charge in [0.05, 0.1) is 17.2 Å². The summed E-state index contributed by atoms with van der Waals surface area (Å²) in [6.07, 6.45) is 1.84. The number of aliphatic imine (C=N–C) groups is 1. The molecule has 0 fully saturated rings. The number of carbonyl (C=O) groups excluding carboxylic acids is 1. The van der Waals surface area contributed by atoms with Crippen molar-refractivity contribution >= 4 is 46.1 Å². The van der Waals surface area contributed by atoms with Crippen molar-refractivity contribution in [3.05, 3.63) is 80.9 Å². The van der Waals surface area contributed by atoms with Gasteiger partial charge in [-0.25, -0.2) is 9.79 Å². The summed E-state index contributed by atoms with van der Waals surface area (Å²) in [5.41, 5.74) is 2.86. The minimum Gasteiger partial charge on any atom is -0.506 e. The number of thioether (sulfide) groups is 1. The Kier molecular flexibility index (Phi) is 6.74. The number of nitrogens with zero attached hydrogens (tertiary/aromatic N) is 1. The molecule has 0 atom stereocenters. The molecule has 0 aromatic heterocycles. The fourth-order valence-corrected chi connectivity index (χ4v) is 4.11.